The van der Waals surface area contributed by atoms with Crippen molar-refractivity contribution >= 4 is 0 Å². The van der Waals surface area contributed by atoms with E-state index in [1.165, 1.54) is 12.0 Å². The Bertz CT molecular complexity index is 569. The molecule has 0 spiro atoms. The van der Waals surface area contributed by atoms with Crippen molar-refractivity contribution in [1.29, 1.82) is 0 Å². The number of aliphatic hydroxyl groups excluding tert-OH is 1. The molecule has 0 aliphatic heterocycles. The number of hydrogen-bond donors (Lipinski definition) is 2. The van der Waals surface area contributed by atoms with Gasteiger partial charge in [0.05, 0.1) is 18.6 Å². The molecule has 0 heterocycles. The number of nitrogens with one attached hydrogen (secondary N) is 1. The van der Waals surface area contributed by atoms with E-state index in [0.717, 1.165) is 22.7 Å². The maximum atomic E-state index is 9.45. The molecule has 0 aromatic heterocycles. The van der Waals surface area contributed by atoms with Gasteiger partial charge in [-0.2, -0.15) is 0 Å². The summed E-state index contributed by atoms with van der Waals surface area (Å²) in [6.45, 7) is 6.22. The highest BCUT2D eigenvalue weighted by Gasteiger charge is 2.42. The van der Waals surface area contributed by atoms with Crippen molar-refractivity contribution in [2.75, 3.05) is 7.11 Å². The van der Waals surface area contributed by atoms with E-state index in [0.29, 0.717) is 24.0 Å². The van der Waals surface area contributed by atoms with Crippen molar-refractivity contribution < 1.29 is 11.3 Å². The summed E-state index contributed by atoms with van der Waals surface area (Å²) >= 11 is 0. The van der Waals surface area contributed by atoms with Gasteiger partial charge in [0.1, 0.15) is 5.76 Å². The normalized spacial score (nSPS) is 28.2. The molecule has 3 aliphatic carbocycles. The minimum Gasteiger partial charge on any atom is -0.512 e. The van der Waals surface area contributed by atoms with E-state index in [-0.39, 0.29) is 1.43 Å². The fourth-order valence-electron chi connectivity index (χ4n) is 2.83. The molecule has 3 nitrogen and oxygen atoms in total. The van der Waals surface area contributed by atoms with Crippen LogP contribution in [0, 0.1) is 11.8 Å². The van der Waals surface area contributed by atoms with Crippen LogP contribution in [0.3, 0.4) is 0 Å². The highest BCUT2D eigenvalue weighted by molar-refractivity contribution is 5.46. The molecule has 1 saturated carbocycles. The number of fused-ring (bicyclic) bond motifs is 1. The monoisotopic (exact) mass is 259 g/mol. The first-order valence-corrected chi connectivity index (χ1v) is 6.62. The van der Waals surface area contributed by atoms with Gasteiger partial charge in [-0.15, -0.1) is 0 Å². The highest BCUT2D eigenvalue weighted by atomic mass is 16.5. The Morgan fingerprint density at radius 2 is 2.32 bits per heavy atom. The van der Waals surface area contributed by atoms with Gasteiger partial charge in [0.2, 0.25) is 0 Å². The zero-order chi connectivity index (χ0) is 13.6. The van der Waals surface area contributed by atoms with Crippen molar-refractivity contribution in [3.05, 3.63) is 58.9 Å². The van der Waals surface area contributed by atoms with E-state index in [4.69, 9.17) is 4.74 Å². The fourth-order valence-corrected chi connectivity index (χ4v) is 2.83. The van der Waals surface area contributed by atoms with Gasteiger partial charge >= 0.3 is 0 Å². The molecule has 2 N–H and O–H groups in total. The molecule has 19 heavy (non-hydrogen) atoms. The lowest BCUT2D eigenvalue weighted by atomic mass is 10.0. The lowest BCUT2D eigenvalue weighted by molar-refractivity contribution is 0.291. The van der Waals surface area contributed by atoms with Crippen LogP contribution in [0.15, 0.2) is 58.9 Å². The molecular formula is C16H21NO2. The van der Waals surface area contributed by atoms with Crippen LogP contribution < -0.4 is 5.32 Å². The second-order valence-corrected chi connectivity index (χ2v) is 5.43. The summed E-state index contributed by atoms with van der Waals surface area (Å²) in [5.74, 6) is 2.62. The molecular weight excluding hydrogens is 238 g/mol. The van der Waals surface area contributed by atoms with E-state index in [1.807, 2.05) is 6.08 Å². The third kappa shape index (κ3) is 2.09. The molecule has 1 fully saturated rings. The van der Waals surface area contributed by atoms with Gasteiger partial charge in [-0.3, -0.25) is 0 Å². The van der Waals surface area contributed by atoms with E-state index >= 15 is 0 Å². The van der Waals surface area contributed by atoms with Crippen molar-refractivity contribution in [1.82, 2.24) is 5.32 Å². The van der Waals surface area contributed by atoms with Crippen molar-refractivity contribution in [3.8, 4) is 0 Å². The zero-order valence-corrected chi connectivity index (χ0v) is 11.4. The van der Waals surface area contributed by atoms with Gasteiger partial charge in [0.15, 0.2) is 0 Å². The van der Waals surface area contributed by atoms with Crippen molar-refractivity contribution in [2.24, 2.45) is 11.8 Å². The van der Waals surface area contributed by atoms with Gasteiger partial charge < -0.3 is 15.2 Å². The lowest BCUT2D eigenvalue weighted by Gasteiger charge is -2.22. The summed E-state index contributed by atoms with van der Waals surface area (Å²) in [5, 5.41) is 12.8. The average molecular weight is 259 g/mol. The minimum atomic E-state index is 0. The second-order valence-electron chi connectivity index (χ2n) is 5.43. The van der Waals surface area contributed by atoms with Gasteiger partial charge in [-0.1, -0.05) is 12.7 Å². The molecule has 0 amide bonds. The number of allylic oxidation sites excluding steroid dienone is 6. The maximum Gasteiger partial charge on any atom is 0.138 e. The van der Waals surface area contributed by atoms with Crippen LogP contribution in [0.4, 0.5) is 0 Å². The van der Waals surface area contributed by atoms with E-state index in [9.17, 15) is 5.11 Å². The second kappa shape index (κ2) is 4.34. The minimum absolute atomic E-state index is 0. The summed E-state index contributed by atoms with van der Waals surface area (Å²) in [6, 6.07) is 0. The van der Waals surface area contributed by atoms with Crippen LogP contribution in [0.2, 0.25) is 0 Å². The van der Waals surface area contributed by atoms with Gasteiger partial charge in [0.25, 0.3) is 0 Å². The molecule has 0 aromatic rings. The van der Waals surface area contributed by atoms with Crippen LogP contribution in [0.1, 0.15) is 21.2 Å². The predicted molar refractivity (Wildman–Crippen MR) is 77.2 cm³/mol. The molecule has 2 atom stereocenters. The third-order valence-corrected chi connectivity index (χ3v) is 4.13. The largest absolute Gasteiger partial charge is 0.512 e. The number of rotatable bonds is 4. The van der Waals surface area contributed by atoms with Crippen molar-refractivity contribution in [3.63, 3.8) is 0 Å². The topological polar surface area (TPSA) is 41.5 Å². The Morgan fingerprint density at radius 3 is 2.95 bits per heavy atom. The predicted octanol–water partition coefficient (Wildman–Crippen LogP) is 3.56. The Balaban J connectivity index is 0.00000147. The molecule has 0 aromatic carbocycles. The first-order chi connectivity index (χ1) is 9.10. The van der Waals surface area contributed by atoms with Crippen LogP contribution in [0.5, 0.6) is 0 Å². The lowest BCUT2D eigenvalue weighted by Crippen LogP contribution is -2.20. The Kier molecular flexibility index (Phi) is 2.77. The van der Waals surface area contributed by atoms with Gasteiger partial charge in [-0.25, -0.2) is 0 Å². The molecule has 3 rings (SSSR count). The van der Waals surface area contributed by atoms with E-state index in [2.05, 4.69) is 24.9 Å². The molecule has 0 radical (unpaired) electrons. The molecule has 0 bridgehead atoms. The van der Waals surface area contributed by atoms with E-state index in [1.54, 1.807) is 13.2 Å². The molecule has 102 valence electrons. The quantitative estimate of drug-likeness (QED) is 0.811. The zero-order valence-electron chi connectivity index (χ0n) is 11.4. The SMILES string of the molecule is C=C(NC1=C(C)C2CC2C=C1OC)C1=CC=C(O)C1.[HH]. The maximum absolute atomic E-state index is 9.45. The van der Waals surface area contributed by atoms with Crippen LogP contribution >= 0.6 is 0 Å². The van der Waals surface area contributed by atoms with E-state index < -0.39 is 0 Å². The number of methoxy groups -OCH3 is 1. The van der Waals surface area contributed by atoms with Crippen molar-refractivity contribution in [2.45, 2.75) is 19.8 Å². The van der Waals surface area contributed by atoms with Gasteiger partial charge in [0, 0.05) is 13.5 Å². The molecule has 2 unspecified atom stereocenters. The average Bonchev–Trinajstić information content (AvgIpc) is 3.05. The smallest absolute Gasteiger partial charge is 0.138 e. The molecule has 0 saturated heterocycles. The Labute approximate surface area is 115 Å². The molecule has 3 heteroatoms. The van der Waals surface area contributed by atoms with Crippen LogP contribution in [-0.4, -0.2) is 12.2 Å². The van der Waals surface area contributed by atoms with Gasteiger partial charge in [-0.05, 0) is 48.5 Å². The third-order valence-electron chi connectivity index (χ3n) is 4.13. The van der Waals surface area contributed by atoms with Crippen LogP contribution in [-0.2, 0) is 4.74 Å². The summed E-state index contributed by atoms with van der Waals surface area (Å²) in [6.07, 6.45) is 7.59. The Hall–Kier alpha value is -1.90. The summed E-state index contributed by atoms with van der Waals surface area (Å²) in [5.41, 5.74) is 4.24. The molecule has 3 aliphatic rings. The number of hydrogen-bond acceptors (Lipinski definition) is 3. The van der Waals surface area contributed by atoms with Crippen LogP contribution in [0.25, 0.3) is 0 Å². The summed E-state index contributed by atoms with van der Waals surface area (Å²) < 4.78 is 5.47. The first kappa shape index (κ1) is 12.2. The Morgan fingerprint density at radius 1 is 1.53 bits per heavy atom. The summed E-state index contributed by atoms with van der Waals surface area (Å²) in [4.78, 5) is 0. The first-order valence-electron chi connectivity index (χ1n) is 6.62. The fraction of sp³-hybridized carbons (Fsp3) is 0.375. The highest BCUT2D eigenvalue weighted by Crippen LogP contribution is 2.50. The standard InChI is InChI=1S/C16H19NO2.H2/c1-9-14-7-12(14)8-15(19-3)16(9)17-10(2)11-4-5-13(18)6-11;/h4-5,8,12,14,17-18H,2,6-7H2,1,3H3;1H. The summed E-state index contributed by atoms with van der Waals surface area (Å²) in [7, 11) is 1.70. The number of ether oxygens (including phenoxy) is 1. The number of aliphatic hydroxyl groups is 1.